The molecule has 8 heteroatoms. The van der Waals surface area contributed by atoms with Crippen LogP contribution >= 0.6 is 12.2 Å². The molecule has 0 aliphatic carbocycles. The molecular weight excluding hydrogens is 364 g/mol. The number of thiocarbonyl (C=S) groups is 1. The third-order valence-electron chi connectivity index (χ3n) is 3.72. The van der Waals surface area contributed by atoms with Gasteiger partial charge in [-0.2, -0.15) is 4.98 Å². The van der Waals surface area contributed by atoms with Crippen molar-refractivity contribution in [2.75, 3.05) is 12.4 Å². The molecule has 2 N–H and O–H groups in total. The van der Waals surface area contributed by atoms with Gasteiger partial charge in [-0.05, 0) is 37.3 Å². The molecule has 0 fully saturated rings. The number of methoxy groups -OCH3 is 1. The molecule has 0 saturated heterocycles. The zero-order valence-corrected chi connectivity index (χ0v) is 15.7. The summed E-state index contributed by atoms with van der Waals surface area (Å²) in [5.74, 6) is 0.529. The first-order chi connectivity index (χ1) is 13.0. The van der Waals surface area contributed by atoms with E-state index in [-0.39, 0.29) is 6.54 Å². The highest BCUT2D eigenvalue weighted by Gasteiger charge is 2.10. The lowest BCUT2D eigenvalue weighted by atomic mass is 10.1. The minimum absolute atomic E-state index is 0.279. The number of ether oxygens (including phenoxy) is 1. The first-order valence-corrected chi connectivity index (χ1v) is 8.59. The predicted octanol–water partition coefficient (Wildman–Crippen LogP) is 3.32. The van der Waals surface area contributed by atoms with Crippen molar-refractivity contribution < 1.29 is 14.1 Å². The second kappa shape index (κ2) is 8.41. The standard InChI is InChI=1S/C19H18N4O3S/c1-12-6-8-13(9-7-12)17-22-16(26-23-17)11-20-19(27)21-15-5-3-4-14(10-15)18(24)25-2/h3-10H,11H2,1-2H3,(H2,20,21,27). The molecule has 0 spiro atoms. The average Bonchev–Trinajstić information content (AvgIpc) is 3.15. The van der Waals surface area contributed by atoms with Gasteiger partial charge in [0, 0.05) is 11.3 Å². The number of benzene rings is 2. The summed E-state index contributed by atoms with van der Waals surface area (Å²) in [5, 5.41) is 10.3. The SMILES string of the molecule is COC(=O)c1cccc(NC(=S)NCc2nc(-c3ccc(C)cc3)no2)c1. The quantitative estimate of drug-likeness (QED) is 0.513. The van der Waals surface area contributed by atoms with Crippen LogP contribution in [0.15, 0.2) is 53.1 Å². The highest BCUT2D eigenvalue weighted by Crippen LogP contribution is 2.16. The summed E-state index contributed by atoms with van der Waals surface area (Å²) in [5.41, 5.74) is 3.15. The van der Waals surface area contributed by atoms with E-state index in [1.165, 1.54) is 7.11 Å². The summed E-state index contributed by atoms with van der Waals surface area (Å²) in [6.45, 7) is 2.30. The van der Waals surface area contributed by atoms with Crippen LogP contribution in [0, 0.1) is 6.92 Å². The van der Waals surface area contributed by atoms with Crippen LogP contribution in [0.5, 0.6) is 0 Å². The summed E-state index contributed by atoms with van der Waals surface area (Å²) in [6.07, 6.45) is 0. The molecule has 2 aromatic carbocycles. The minimum Gasteiger partial charge on any atom is -0.465 e. The minimum atomic E-state index is -0.410. The van der Waals surface area contributed by atoms with Crippen LogP contribution in [-0.2, 0) is 11.3 Å². The maximum absolute atomic E-state index is 11.6. The molecule has 3 aromatic rings. The Hall–Kier alpha value is -3.26. The van der Waals surface area contributed by atoms with E-state index in [4.69, 9.17) is 21.5 Å². The lowest BCUT2D eigenvalue weighted by Crippen LogP contribution is -2.28. The predicted molar refractivity (Wildman–Crippen MR) is 105 cm³/mol. The fraction of sp³-hybridized carbons (Fsp3) is 0.158. The Balaban J connectivity index is 1.57. The number of aryl methyl sites for hydroxylation is 1. The van der Waals surface area contributed by atoms with Gasteiger partial charge in [0.05, 0.1) is 19.2 Å². The molecular formula is C19H18N4O3S. The summed E-state index contributed by atoms with van der Waals surface area (Å²) < 4.78 is 9.95. The van der Waals surface area contributed by atoms with Gasteiger partial charge in [0.15, 0.2) is 5.11 Å². The number of hydrogen-bond donors (Lipinski definition) is 2. The van der Waals surface area contributed by atoms with Crippen LogP contribution in [0.25, 0.3) is 11.4 Å². The zero-order valence-electron chi connectivity index (χ0n) is 14.9. The number of nitrogens with one attached hydrogen (secondary N) is 2. The van der Waals surface area contributed by atoms with Gasteiger partial charge in [-0.25, -0.2) is 4.79 Å². The molecule has 1 aromatic heterocycles. The fourth-order valence-corrected chi connectivity index (χ4v) is 2.51. The highest BCUT2D eigenvalue weighted by molar-refractivity contribution is 7.80. The molecule has 0 aliphatic rings. The Labute approximate surface area is 161 Å². The van der Waals surface area contributed by atoms with Gasteiger partial charge in [-0.3, -0.25) is 0 Å². The molecule has 0 aliphatic heterocycles. The molecule has 138 valence electrons. The summed E-state index contributed by atoms with van der Waals surface area (Å²) in [4.78, 5) is 15.9. The average molecular weight is 382 g/mol. The van der Waals surface area contributed by atoms with E-state index < -0.39 is 5.97 Å². The van der Waals surface area contributed by atoms with E-state index in [2.05, 4.69) is 20.8 Å². The molecule has 0 bridgehead atoms. The largest absolute Gasteiger partial charge is 0.465 e. The van der Waals surface area contributed by atoms with Crippen LogP contribution < -0.4 is 10.6 Å². The number of anilines is 1. The number of nitrogens with zero attached hydrogens (tertiary/aromatic N) is 2. The Morgan fingerprint density at radius 2 is 2.00 bits per heavy atom. The van der Waals surface area contributed by atoms with Gasteiger partial charge in [-0.15, -0.1) is 0 Å². The van der Waals surface area contributed by atoms with Crippen LogP contribution in [0.4, 0.5) is 5.69 Å². The van der Waals surface area contributed by atoms with Crippen molar-refractivity contribution in [3.8, 4) is 11.4 Å². The van der Waals surface area contributed by atoms with E-state index >= 15 is 0 Å². The van der Waals surface area contributed by atoms with Crippen molar-refractivity contribution in [3.05, 3.63) is 65.5 Å². The van der Waals surface area contributed by atoms with Gasteiger partial charge in [0.2, 0.25) is 11.7 Å². The van der Waals surface area contributed by atoms with E-state index in [1.807, 2.05) is 31.2 Å². The second-order valence-electron chi connectivity index (χ2n) is 5.76. The number of rotatable bonds is 5. The Kier molecular flexibility index (Phi) is 5.77. The van der Waals surface area contributed by atoms with Crippen molar-refractivity contribution in [1.82, 2.24) is 15.5 Å². The van der Waals surface area contributed by atoms with Gasteiger partial charge < -0.3 is 19.9 Å². The fourth-order valence-electron chi connectivity index (χ4n) is 2.32. The second-order valence-corrected chi connectivity index (χ2v) is 6.17. The number of carbonyl (C=O) groups excluding carboxylic acids is 1. The van der Waals surface area contributed by atoms with Crippen molar-refractivity contribution in [2.45, 2.75) is 13.5 Å². The first kappa shape index (κ1) is 18.5. The maximum Gasteiger partial charge on any atom is 0.337 e. The number of esters is 1. The van der Waals surface area contributed by atoms with Crippen molar-refractivity contribution >= 4 is 29.0 Å². The number of carbonyl (C=O) groups is 1. The molecule has 0 amide bonds. The molecule has 0 atom stereocenters. The van der Waals surface area contributed by atoms with Crippen LogP contribution in [0.1, 0.15) is 21.8 Å². The Bertz CT molecular complexity index is 954. The van der Waals surface area contributed by atoms with Crippen LogP contribution in [-0.4, -0.2) is 28.3 Å². The molecule has 0 unspecified atom stereocenters. The van der Waals surface area contributed by atoms with Crippen molar-refractivity contribution in [3.63, 3.8) is 0 Å². The summed E-state index contributed by atoms with van der Waals surface area (Å²) in [7, 11) is 1.34. The maximum atomic E-state index is 11.6. The molecule has 3 rings (SSSR count). The van der Waals surface area contributed by atoms with Crippen LogP contribution in [0.3, 0.4) is 0 Å². The van der Waals surface area contributed by atoms with E-state index in [1.54, 1.807) is 24.3 Å². The van der Waals surface area contributed by atoms with Crippen molar-refractivity contribution in [2.24, 2.45) is 0 Å². The lowest BCUT2D eigenvalue weighted by Gasteiger charge is -2.09. The van der Waals surface area contributed by atoms with Crippen LogP contribution in [0.2, 0.25) is 0 Å². The van der Waals surface area contributed by atoms with Gasteiger partial charge in [0.25, 0.3) is 0 Å². The number of aromatic nitrogens is 2. The van der Waals surface area contributed by atoms with Gasteiger partial charge in [-0.1, -0.05) is 41.1 Å². The topological polar surface area (TPSA) is 89.3 Å². The summed E-state index contributed by atoms with van der Waals surface area (Å²) >= 11 is 5.26. The van der Waals surface area contributed by atoms with E-state index in [9.17, 15) is 4.79 Å². The molecule has 0 radical (unpaired) electrons. The molecule has 1 heterocycles. The lowest BCUT2D eigenvalue weighted by molar-refractivity contribution is 0.0601. The third-order valence-corrected chi connectivity index (χ3v) is 3.97. The molecule has 27 heavy (non-hydrogen) atoms. The van der Waals surface area contributed by atoms with E-state index in [0.717, 1.165) is 11.1 Å². The molecule has 7 nitrogen and oxygen atoms in total. The Morgan fingerprint density at radius 1 is 1.22 bits per heavy atom. The number of hydrogen-bond acceptors (Lipinski definition) is 6. The molecule has 0 saturated carbocycles. The van der Waals surface area contributed by atoms with E-state index in [0.29, 0.717) is 28.1 Å². The highest BCUT2D eigenvalue weighted by atomic mass is 32.1. The smallest absolute Gasteiger partial charge is 0.337 e. The van der Waals surface area contributed by atoms with Gasteiger partial charge >= 0.3 is 5.97 Å². The Morgan fingerprint density at radius 3 is 2.74 bits per heavy atom. The normalized spacial score (nSPS) is 10.3. The first-order valence-electron chi connectivity index (χ1n) is 8.18. The zero-order chi connectivity index (χ0) is 19.2. The van der Waals surface area contributed by atoms with Gasteiger partial charge in [0.1, 0.15) is 0 Å². The van der Waals surface area contributed by atoms with Crippen molar-refractivity contribution in [1.29, 1.82) is 0 Å². The summed E-state index contributed by atoms with van der Waals surface area (Å²) in [6, 6.07) is 14.7. The monoisotopic (exact) mass is 382 g/mol. The third kappa shape index (κ3) is 4.89.